The third-order valence-electron chi connectivity index (χ3n) is 2.52. The molecule has 1 unspecified atom stereocenters. The number of hydrogen-bond donors (Lipinski definition) is 3. The Balaban J connectivity index is 2.20. The summed E-state index contributed by atoms with van der Waals surface area (Å²) in [7, 11) is 0. The van der Waals surface area contributed by atoms with Crippen LogP contribution >= 0.6 is 0 Å². The average Bonchev–Trinajstić information content (AvgIpc) is 1.96. The van der Waals surface area contributed by atoms with Gasteiger partial charge in [-0.15, -0.1) is 0 Å². The van der Waals surface area contributed by atoms with Crippen LogP contribution in [-0.2, 0) is 4.79 Å². The Morgan fingerprint density at radius 3 is 2.67 bits per heavy atom. The van der Waals surface area contributed by atoms with Crippen molar-refractivity contribution in [3.05, 3.63) is 0 Å². The standard InChI is InChI=1S/C8H16N2O2/c1-8(3-2-4-8)10-5-6(9)7(11)12/h6,10H,2-5,9H2,1H3,(H,11,12). The Kier molecular flexibility index (Phi) is 2.69. The van der Waals surface area contributed by atoms with Crippen LogP contribution in [0.3, 0.4) is 0 Å². The lowest BCUT2D eigenvalue weighted by Gasteiger charge is -2.39. The van der Waals surface area contributed by atoms with E-state index in [1.165, 1.54) is 6.42 Å². The molecule has 0 aromatic carbocycles. The number of rotatable bonds is 4. The summed E-state index contributed by atoms with van der Waals surface area (Å²) in [5.41, 5.74) is 5.49. The van der Waals surface area contributed by atoms with Gasteiger partial charge in [-0.1, -0.05) is 0 Å². The highest BCUT2D eigenvalue weighted by molar-refractivity contribution is 5.73. The van der Waals surface area contributed by atoms with Crippen molar-refractivity contribution in [3.8, 4) is 0 Å². The maximum Gasteiger partial charge on any atom is 0.321 e. The highest BCUT2D eigenvalue weighted by Gasteiger charge is 2.31. The second-order valence-electron chi connectivity index (χ2n) is 3.74. The van der Waals surface area contributed by atoms with E-state index in [4.69, 9.17) is 10.8 Å². The molecular formula is C8H16N2O2. The second-order valence-corrected chi connectivity index (χ2v) is 3.74. The zero-order valence-corrected chi connectivity index (χ0v) is 7.34. The molecule has 4 N–H and O–H groups in total. The largest absolute Gasteiger partial charge is 0.480 e. The second kappa shape index (κ2) is 3.41. The van der Waals surface area contributed by atoms with Gasteiger partial charge in [0, 0.05) is 12.1 Å². The SMILES string of the molecule is CC1(NCC(N)C(=O)O)CCC1. The average molecular weight is 172 g/mol. The Hall–Kier alpha value is -0.610. The van der Waals surface area contributed by atoms with Gasteiger partial charge in [0.2, 0.25) is 0 Å². The van der Waals surface area contributed by atoms with Crippen molar-refractivity contribution in [2.75, 3.05) is 6.54 Å². The smallest absolute Gasteiger partial charge is 0.321 e. The summed E-state index contributed by atoms with van der Waals surface area (Å²) >= 11 is 0. The third kappa shape index (κ3) is 2.19. The van der Waals surface area contributed by atoms with E-state index in [1.54, 1.807) is 0 Å². The van der Waals surface area contributed by atoms with Crippen molar-refractivity contribution in [3.63, 3.8) is 0 Å². The van der Waals surface area contributed by atoms with Crippen LogP contribution in [0.15, 0.2) is 0 Å². The molecule has 1 rings (SSSR count). The van der Waals surface area contributed by atoms with Crippen molar-refractivity contribution < 1.29 is 9.90 Å². The maximum atomic E-state index is 10.4. The van der Waals surface area contributed by atoms with Crippen molar-refractivity contribution in [1.82, 2.24) is 5.32 Å². The number of nitrogens with one attached hydrogen (secondary N) is 1. The number of carboxylic acids is 1. The van der Waals surface area contributed by atoms with Crippen LogP contribution in [-0.4, -0.2) is 29.2 Å². The molecule has 1 aliphatic carbocycles. The maximum absolute atomic E-state index is 10.4. The molecule has 4 heteroatoms. The van der Waals surface area contributed by atoms with Gasteiger partial charge in [-0.2, -0.15) is 0 Å². The van der Waals surface area contributed by atoms with Crippen molar-refractivity contribution in [2.45, 2.75) is 37.8 Å². The molecule has 0 bridgehead atoms. The van der Waals surface area contributed by atoms with Gasteiger partial charge >= 0.3 is 5.97 Å². The van der Waals surface area contributed by atoms with Gasteiger partial charge < -0.3 is 16.2 Å². The number of carboxylic acid groups (broad SMARTS) is 1. The first-order chi connectivity index (χ1) is 5.53. The van der Waals surface area contributed by atoms with Crippen molar-refractivity contribution >= 4 is 5.97 Å². The van der Waals surface area contributed by atoms with Gasteiger partial charge in [0.25, 0.3) is 0 Å². The Morgan fingerprint density at radius 2 is 2.33 bits per heavy atom. The van der Waals surface area contributed by atoms with Crippen LogP contribution in [0.4, 0.5) is 0 Å². The predicted octanol–water partition coefficient (Wildman–Crippen LogP) is -0.0695. The lowest BCUT2D eigenvalue weighted by Crippen LogP contribution is -2.53. The molecule has 0 saturated heterocycles. The molecule has 0 spiro atoms. The first-order valence-electron chi connectivity index (χ1n) is 4.27. The number of carbonyl (C=O) groups is 1. The van der Waals surface area contributed by atoms with Gasteiger partial charge in [0.1, 0.15) is 6.04 Å². The van der Waals surface area contributed by atoms with Gasteiger partial charge in [0.05, 0.1) is 0 Å². The van der Waals surface area contributed by atoms with E-state index in [0.717, 1.165) is 12.8 Å². The molecule has 4 nitrogen and oxygen atoms in total. The monoisotopic (exact) mass is 172 g/mol. The Labute approximate surface area is 72.1 Å². The van der Waals surface area contributed by atoms with Crippen LogP contribution in [0.5, 0.6) is 0 Å². The highest BCUT2D eigenvalue weighted by Crippen LogP contribution is 2.30. The summed E-state index contributed by atoms with van der Waals surface area (Å²) in [4.78, 5) is 10.4. The Bertz CT molecular complexity index is 178. The van der Waals surface area contributed by atoms with Gasteiger partial charge in [-0.25, -0.2) is 0 Å². The molecule has 0 amide bonds. The molecule has 1 aliphatic rings. The van der Waals surface area contributed by atoms with E-state index in [9.17, 15) is 4.79 Å². The summed E-state index contributed by atoms with van der Waals surface area (Å²) in [6, 6.07) is -0.776. The quantitative estimate of drug-likeness (QED) is 0.555. The van der Waals surface area contributed by atoms with E-state index >= 15 is 0 Å². The zero-order chi connectivity index (χ0) is 9.19. The van der Waals surface area contributed by atoms with Gasteiger partial charge in [-0.3, -0.25) is 4.79 Å². The minimum atomic E-state index is -0.939. The molecule has 0 heterocycles. The minimum absolute atomic E-state index is 0.146. The predicted molar refractivity (Wildman–Crippen MR) is 45.9 cm³/mol. The van der Waals surface area contributed by atoms with Gasteiger partial charge in [-0.05, 0) is 26.2 Å². The fourth-order valence-corrected chi connectivity index (χ4v) is 1.33. The number of aliphatic carboxylic acids is 1. The molecule has 12 heavy (non-hydrogen) atoms. The van der Waals surface area contributed by atoms with E-state index in [1.807, 2.05) is 0 Å². The van der Waals surface area contributed by atoms with E-state index < -0.39 is 12.0 Å². The van der Waals surface area contributed by atoms with E-state index in [-0.39, 0.29) is 5.54 Å². The van der Waals surface area contributed by atoms with Crippen LogP contribution in [0.2, 0.25) is 0 Å². The van der Waals surface area contributed by atoms with E-state index in [0.29, 0.717) is 6.54 Å². The molecule has 0 aromatic rings. The number of hydrogen-bond acceptors (Lipinski definition) is 3. The lowest BCUT2D eigenvalue weighted by atomic mass is 9.78. The lowest BCUT2D eigenvalue weighted by molar-refractivity contribution is -0.138. The van der Waals surface area contributed by atoms with Crippen molar-refractivity contribution in [1.29, 1.82) is 0 Å². The summed E-state index contributed by atoms with van der Waals surface area (Å²) in [5.74, 6) is -0.939. The molecule has 0 radical (unpaired) electrons. The first kappa shape index (κ1) is 9.48. The normalized spacial score (nSPS) is 22.8. The summed E-state index contributed by atoms with van der Waals surface area (Å²) in [5, 5.41) is 11.7. The van der Waals surface area contributed by atoms with Crippen LogP contribution < -0.4 is 11.1 Å². The topological polar surface area (TPSA) is 75.3 Å². The summed E-state index contributed by atoms with van der Waals surface area (Å²) in [6.07, 6.45) is 3.48. The summed E-state index contributed by atoms with van der Waals surface area (Å²) in [6.45, 7) is 2.47. The van der Waals surface area contributed by atoms with Crippen LogP contribution in [0.25, 0.3) is 0 Å². The molecule has 0 aromatic heterocycles. The van der Waals surface area contributed by atoms with Crippen molar-refractivity contribution in [2.24, 2.45) is 5.73 Å². The van der Waals surface area contributed by atoms with Crippen LogP contribution in [0, 0.1) is 0 Å². The third-order valence-corrected chi connectivity index (χ3v) is 2.52. The fraction of sp³-hybridized carbons (Fsp3) is 0.875. The van der Waals surface area contributed by atoms with E-state index in [2.05, 4.69) is 12.2 Å². The molecular weight excluding hydrogens is 156 g/mol. The van der Waals surface area contributed by atoms with Gasteiger partial charge in [0.15, 0.2) is 0 Å². The first-order valence-corrected chi connectivity index (χ1v) is 4.27. The zero-order valence-electron chi connectivity index (χ0n) is 7.34. The number of nitrogens with two attached hydrogens (primary N) is 1. The fourth-order valence-electron chi connectivity index (χ4n) is 1.33. The molecule has 1 fully saturated rings. The minimum Gasteiger partial charge on any atom is -0.480 e. The van der Waals surface area contributed by atoms with Crippen LogP contribution in [0.1, 0.15) is 26.2 Å². The molecule has 0 aliphatic heterocycles. The summed E-state index contributed by atoms with van der Waals surface area (Å²) < 4.78 is 0. The molecule has 1 saturated carbocycles. The Morgan fingerprint density at radius 1 is 1.75 bits per heavy atom. The highest BCUT2D eigenvalue weighted by atomic mass is 16.4. The molecule has 70 valence electrons. The molecule has 1 atom stereocenters.